The summed E-state index contributed by atoms with van der Waals surface area (Å²) in [6, 6.07) is 8.11. The van der Waals surface area contributed by atoms with Crippen molar-refractivity contribution in [3.63, 3.8) is 0 Å². The van der Waals surface area contributed by atoms with Gasteiger partial charge in [-0.2, -0.15) is 0 Å². The van der Waals surface area contributed by atoms with Crippen LogP contribution in [0.3, 0.4) is 0 Å². The normalized spacial score (nSPS) is 18.6. The van der Waals surface area contributed by atoms with Gasteiger partial charge >= 0.3 is 24.1 Å². The van der Waals surface area contributed by atoms with E-state index in [1.54, 1.807) is 77.9 Å². The lowest BCUT2D eigenvalue weighted by atomic mass is 9.98. The molecule has 2 aromatic carbocycles. The van der Waals surface area contributed by atoms with E-state index < -0.39 is 72.2 Å². The number of ether oxygens (including phenoxy) is 6. The summed E-state index contributed by atoms with van der Waals surface area (Å²) >= 11 is 0. The van der Waals surface area contributed by atoms with E-state index in [1.165, 1.54) is 9.80 Å². The molecule has 3 aliphatic rings. The van der Waals surface area contributed by atoms with Gasteiger partial charge in [-0.3, -0.25) is 19.4 Å². The zero-order valence-electron chi connectivity index (χ0n) is 31.9. The van der Waals surface area contributed by atoms with Crippen molar-refractivity contribution in [1.29, 1.82) is 0 Å². The average molecular weight is 751 g/mol. The van der Waals surface area contributed by atoms with Gasteiger partial charge in [-0.1, -0.05) is 12.1 Å². The standard InChI is InChI=1S/C40H50N2O12/c1-39(2,3)53-37(47)41-17-9-11-29(41)35(45)51-23-31(43)25-13-15-27-28-16-14-26(22-34(28)50-20-8-7-19-49-33(27)21-25)32(44)24-52-36(46)30-12-10-18-42(30)38(48)54-40(4,5)6/h13-16,21-22,29-30H,7-12,17-20,23-24H2,1-6H3/t29-,30-/m0/s1. The number of amides is 2. The van der Waals surface area contributed by atoms with Gasteiger partial charge in [0.05, 0.1) is 13.2 Å². The largest absolute Gasteiger partial charge is 0.493 e. The lowest BCUT2D eigenvalue weighted by Gasteiger charge is -2.27. The van der Waals surface area contributed by atoms with Gasteiger partial charge in [-0.05, 0) is 104 Å². The van der Waals surface area contributed by atoms with E-state index in [9.17, 15) is 28.8 Å². The van der Waals surface area contributed by atoms with E-state index in [-0.39, 0.29) is 11.1 Å². The molecule has 0 spiro atoms. The Morgan fingerprint density at radius 3 is 1.37 bits per heavy atom. The first kappa shape index (κ1) is 40.1. The van der Waals surface area contributed by atoms with Crippen LogP contribution in [0.2, 0.25) is 0 Å². The van der Waals surface area contributed by atoms with Crippen LogP contribution in [0, 0.1) is 0 Å². The molecule has 5 rings (SSSR count). The van der Waals surface area contributed by atoms with Crippen LogP contribution in [0.1, 0.15) is 101 Å². The molecule has 2 fully saturated rings. The van der Waals surface area contributed by atoms with Crippen molar-refractivity contribution in [1.82, 2.24) is 9.80 Å². The zero-order chi connectivity index (χ0) is 39.2. The molecule has 0 radical (unpaired) electrons. The molecule has 0 aromatic heterocycles. The van der Waals surface area contributed by atoms with Crippen LogP contribution in [0.5, 0.6) is 11.5 Å². The molecule has 0 N–H and O–H groups in total. The number of ketones is 2. The van der Waals surface area contributed by atoms with Crippen molar-refractivity contribution in [2.45, 2.75) is 103 Å². The molecule has 54 heavy (non-hydrogen) atoms. The monoisotopic (exact) mass is 750 g/mol. The fourth-order valence-electron chi connectivity index (χ4n) is 6.38. The Bertz CT molecular complexity index is 1630. The molecule has 14 heteroatoms. The average Bonchev–Trinajstić information content (AvgIpc) is 3.81. The zero-order valence-corrected chi connectivity index (χ0v) is 31.9. The molecule has 2 amide bonds. The van der Waals surface area contributed by atoms with Crippen molar-refractivity contribution < 1.29 is 57.2 Å². The molecular weight excluding hydrogens is 700 g/mol. The van der Waals surface area contributed by atoms with Gasteiger partial charge in [0.1, 0.15) is 34.8 Å². The fourth-order valence-corrected chi connectivity index (χ4v) is 6.38. The van der Waals surface area contributed by atoms with E-state index in [0.717, 1.165) is 0 Å². The highest BCUT2D eigenvalue weighted by Gasteiger charge is 2.39. The molecule has 0 unspecified atom stereocenters. The number of carbonyl (C=O) groups excluding carboxylic acids is 6. The quantitative estimate of drug-likeness (QED) is 0.172. The van der Waals surface area contributed by atoms with Crippen LogP contribution >= 0.6 is 0 Å². The van der Waals surface area contributed by atoms with E-state index in [0.29, 0.717) is 87.5 Å². The number of carbonyl (C=O) groups is 6. The Kier molecular flexibility index (Phi) is 12.5. The van der Waals surface area contributed by atoms with E-state index in [4.69, 9.17) is 28.4 Å². The third kappa shape index (κ3) is 10.3. The van der Waals surface area contributed by atoms with Crippen molar-refractivity contribution in [2.75, 3.05) is 39.5 Å². The van der Waals surface area contributed by atoms with Crippen LogP contribution in [0.15, 0.2) is 36.4 Å². The number of esters is 2. The second kappa shape index (κ2) is 16.9. The van der Waals surface area contributed by atoms with Crippen molar-refractivity contribution >= 4 is 35.7 Å². The predicted octanol–water partition coefficient (Wildman–Crippen LogP) is 6.16. The lowest BCUT2D eigenvalue weighted by molar-refractivity contribution is -0.148. The van der Waals surface area contributed by atoms with Crippen LogP contribution in [-0.2, 0) is 28.5 Å². The molecular formula is C40H50N2O12. The third-order valence-corrected chi connectivity index (χ3v) is 8.95. The van der Waals surface area contributed by atoms with Gasteiger partial charge in [0, 0.05) is 35.3 Å². The van der Waals surface area contributed by atoms with E-state index in [1.807, 2.05) is 0 Å². The van der Waals surface area contributed by atoms with E-state index >= 15 is 0 Å². The van der Waals surface area contributed by atoms with Gasteiger partial charge in [-0.25, -0.2) is 19.2 Å². The highest BCUT2D eigenvalue weighted by Crippen LogP contribution is 2.39. The molecule has 2 saturated heterocycles. The fraction of sp³-hybridized carbons (Fsp3) is 0.550. The number of fused-ring (bicyclic) bond motifs is 3. The SMILES string of the molecule is CC(C)(C)OC(=O)N1CCC[C@H]1C(=O)OCC(=O)c1ccc2c(c1)OCCCCOc1cc(C(=O)COC(=O)[C@@H]3CCCN3C(=O)OC(C)(C)C)ccc1-2. The molecule has 14 nitrogen and oxygen atoms in total. The van der Waals surface area contributed by atoms with Crippen molar-refractivity contribution in [3.05, 3.63) is 47.5 Å². The molecule has 0 saturated carbocycles. The Balaban J connectivity index is 1.25. The first-order valence-electron chi connectivity index (χ1n) is 18.4. The summed E-state index contributed by atoms with van der Waals surface area (Å²) in [7, 11) is 0. The maximum Gasteiger partial charge on any atom is 0.411 e. The number of hydrogen-bond acceptors (Lipinski definition) is 12. The number of rotatable bonds is 8. The summed E-state index contributed by atoms with van der Waals surface area (Å²) < 4.78 is 33.8. The smallest absolute Gasteiger partial charge is 0.411 e. The molecule has 0 bridgehead atoms. The summed E-state index contributed by atoms with van der Waals surface area (Å²) in [4.78, 5) is 80.3. The Labute approximate surface area is 315 Å². The van der Waals surface area contributed by atoms with Crippen LogP contribution in [-0.4, -0.2) is 108 Å². The molecule has 3 heterocycles. The van der Waals surface area contributed by atoms with Gasteiger partial charge in [-0.15, -0.1) is 0 Å². The van der Waals surface area contributed by atoms with Crippen molar-refractivity contribution in [3.8, 4) is 22.6 Å². The third-order valence-electron chi connectivity index (χ3n) is 8.95. The second-order valence-corrected chi connectivity index (χ2v) is 15.6. The Morgan fingerprint density at radius 2 is 1.00 bits per heavy atom. The highest BCUT2D eigenvalue weighted by atomic mass is 16.6. The lowest BCUT2D eigenvalue weighted by Crippen LogP contribution is -2.44. The summed E-state index contributed by atoms with van der Waals surface area (Å²) in [5, 5.41) is 0. The number of nitrogens with zero attached hydrogens (tertiary/aromatic N) is 2. The maximum absolute atomic E-state index is 13.2. The maximum atomic E-state index is 13.2. The highest BCUT2D eigenvalue weighted by molar-refractivity contribution is 6.01. The number of benzene rings is 2. The van der Waals surface area contributed by atoms with Crippen LogP contribution in [0.4, 0.5) is 9.59 Å². The van der Waals surface area contributed by atoms with E-state index in [2.05, 4.69) is 0 Å². The first-order valence-corrected chi connectivity index (χ1v) is 18.4. The summed E-state index contributed by atoms with van der Waals surface area (Å²) in [6.07, 6.45) is 2.17. The Morgan fingerprint density at radius 1 is 0.611 bits per heavy atom. The second-order valence-electron chi connectivity index (χ2n) is 15.6. The summed E-state index contributed by atoms with van der Waals surface area (Å²) in [6.45, 7) is 10.9. The summed E-state index contributed by atoms with van der Waals surface area (Å²) in [5.41, 5.74) is 0.321. The minimum absolute atomic E-state index is 0.262. The summed E-state index contributed by atoms with van der Waals surface area (Å²) in [5.74, 6) is -1.43. The predicted molar refractivity (Wildman–Crippen MR) is 195 cm³/mol. The van der Waals surface area contributed by atoms with Gasteiger partial charge < -0.3 is 28.4 Å². The van der Waals surface area contributed by atoms with Gasteiger partial charge in [0.2, 0.25) is 0 Å². The molecule has 2 atom stereocenters. The molecule has 3 aliphatic heterocycles. The van der Waals surface area contributed by atoms with Crippen LogP contribution < -0.4 is 9.47 Å². The van der Waals surface area contributed by atoms with Crippen molar-refractivity contribution in [2.24, 2.45) is 0 Å². The number of likely N-dealkylation sites (tertiary alicyclic amines) is 2. The number of Topliss-reactive ketones (excluding diaryl/α,β-unsaturated/α-hetero) is 2. The number of hydrogen-bond donors (Lipinski definition) is 0. The topological polar surface area (TPSA) is 164 Å². The minimum Gasteiger partial charge on any atom is -0.493 e. The van der Waals surface area contributed by atoms with Crippen LogP contribution in [0.25, 0.3) is 11.1 Å². The molecule has 0 aliphatic carbocycles. The Hall–Kier alpha value is -5.14. The first-order chi connectivity index (χ1) is 25.5. The minimum atomic E-state index is -0.832. The van der Waals surface area contributed by atoms with Gasteiger partial charge in [0.25, 0.3) is 0 Å². The molecule has 2 aromatic rings. The van der Waals surface area contributed by atoms with Gasteiger partial charge in [0.15, 0.2) is 24.8 Å². The molecule has 292 valence electrons.